The molecule has 53 valence electrons. The van der Waals surface area contributed by atoms with Gasteiger partial charge in [0.05, 0.1) is 16.1 Å². The molecule has 0 aromatic heterocycles. The van der Waals surface area contributed by atoms with Crippen molar-refractivity contribution in [2.45, 2.75) is 0 Å². The lowest BCUT2D eigenvalue weighted by atomic mass is 10.3. The minimum atomic E-state index is 0.804. The molecule has 10 heavy (non-hydrogen) atoms. The molecule has 1 nitrogen and oxygen atoms in total. The van der Waals surface area contributed by atoms with E-state index < -0.39 is 0 Å². The van der Waals surface area contributed by atoms with Gasteiger partial charge in [0.25, 0.3) is 0 Å². The molecular weight excluding hydrogens is 260 g/mol. The van der Waals surface area contributed by atoms with Gasteiger partial charge in [-0.05, 0) is 50.1 Å². The molecule has 1 radical (unpaired) electrons. The van der Waals surface area contributed by atoms with Crippen LogP contribution in [0.3, 0.4) is 0 Å². The van der Waals surface area contributed by atoms with E-state index in [0.717, 1.165) is 14.7 Å². The van der Waals surface area contributed by atoms with Gasteiger partial charge in [0.2, 0.25) is 0 Å². The number of benzene rings is 1. The predicted molar refractivity (Wildman–Crippen MR) is 47.2 cm³/mol. The fraction of sp³-hybridized carbons (Fsp3) is 0.143. The molecule has 0 spiro atoms. The summed E-state index contributed by atoms with van der Waals surface area (Å²) in [6.07, 6.45) is 0. The molecule has 0 saturated heterocycles. The van der Waals surface area contributed by atoms with Crippen LogP contribution in [0.1, 0.15) is 0 Å². The van der Waals surface area contributed by atoms with Crippen molar-refractivity contribution in [1.29, 1.82) is 0 Å². The van der Waals surface area contributed by atoms with Crippen LogP contribution in [0.4, 0.5) is 0 Å². The van der Waals surface area contributed by atoms with Crippen molar-refractivity contribution in [3.63, 3.8) is 0 Å². The Labute approximate surface area is 76.6 Å². The summed E-state index contributed by atoms with van der Waals surface area (Å²) in [5.74, 6) is 0.804. The molecule has 0 N–H and O–H groups in total. The zero-order chi connectivity index (χ0) is 7.56. The van der Waals surface area contributed by atoms with Crippen molar-refractivity contribution < 1.29 is 4.74 Å². The quantitative estimate of drug-likeness (QED) is 0.758. The van der Waals surface area contributed by atoms with Crippen molar-refractivity contribution in [3.05, 3.63) is 27.1 Å². The van der Waals surface area contributed by atoms with Crippen LogP contribution in [-0.4, -0.2) is 7.11 Å². The van der Waals surface area contributed by atoms with Crippen LogP contribution in [0.15, 0.2) is 21.1 Å². The molecule has 0 aliphatic heterocycles. The van der Waals surface area contributed by atoms with Crippen molar-refractivity contribution in [3.8, 4) is 5.75 Å². The molecule has 3 heteroatoms. The van der Waals surface area contributed by atoms with Crippen LogP contribution in [0, 0.1) is 6.07 Å². The second-order valence-corrected chi connectivity index (χ2v) is 3.39. The first-order valence-electron chi connectivity index (χ1n) is 2.65. The lowest BCUT2D eigenvalue weighted by Crippen LogP contribution is -1.84. The van der Waals surface area contributed by atoms with Gasteiger partial charge >= 0.3 is 0 Å². The third-order valence-electron chi connectivity index (χ3n) is 1.06. The van der Waals surface area contributed by atoms with Gasteiger partial charge in [0.1, 0.15) is 5.75 Å². The molecule has 0 aliphatic rings. The fourth-order valence-electron chi connectivity index (χ4n) is 0.628. The third-order valence-corrected chi connectivity index (χ3v) is 2.24. The van der Waals surface area contributed by atoms with Gasteiger partial charge in [-0.25, -0.2) is 0 Å². The molecule has 0 unspecified atom stereocenters. The number of methoxy groups -OCH3 is 1. The largest absolute Gasteiger partial charge is 0.494 e. The number of rotatable bonds is 1. The Morgan fingerprint density at radius 1 is 1.30 bits per heavy atom. The second kappa shape index (κ2) is 3.39. The topological polar surface area (TPSA) is 9.23 Å². The minimum Gasteiger partial charge on any atom is -0.494 e. The van der Waals surface area contributed by atoms with Gasteiger partial charge in [-0.15, -0.1) is 0 Å². The molecule has 1 aromatic rings. The first kappa shape index (κ1) is 8.08. The smallest absolute Gasteiger partial charge is 0.147 e. The summed E-state index contributed by atoms with van der Waals surface area (Å²) in [4.78, 5) is 0. The van der Waals surface area contributed by atoms with E-state index in [4.69, 9.17) is 4.74 Å². The number of hydrogen-bond acceptors (Lipinski definition) is 1. The Hall–Kier alpha value is -0.0200. The van der Waals surface area contributed by atoms with Crippen LogP contribution >= 0.6 is 31.9 Å². The summed E-state index contributed by atoms with van der Waals surface area (Å²) in [6.45, 7) is 0. The van der Waals surface area contributed by atoms with Crippen molar-refractivity contribution in [2.75, 3.05) is 7.11 Å². The summed E-state index contributed by atoms with van der Waals surface area (Å²) >= 11 is 6.64. The summed E-state index contributed by atoms with van der Waals surface area (Å²) in [6, 6.07) is 6.55. The Bertz CT molecular complexity index is 215. The Balaban J connectivity index is 3.17. The van der Waals surface area contributed by atoms with E-state index in [0.29, 0.717) is 0 Å². The Kier molecular flexibility index (Phi) is 2.74. The maximum Gasteiger partial charge on any atom is 0.147 e. The highest BCUT2D eigenvalue weighted by atomic mass is 79.9. The van der Waals surface area contributed by atoms with Crippen LogP contribution < -0.4 is 4.74 Å². The second-order valence-electron chi connectivity index (χ2n) is 1.68. The van der Waals surface area contributed by atoms with E-state index in [1.807, 2.05) is 12.1 Å². The number of hydrogen-bond donors (Lipinski definition) is 0. The van der Waals surface area contributed by atoms with Gasteiger partial charge in [-0.3, -0.25) is 0 Å². The van der Waals surface area contributed by atoms with E-state index in [1.54, 1.807) is 7.11 Å². The van der Waals surface area contributed by atoms with E-state index in [-0.39, 0.29) is 0 Å². The van der Waals surface area contributed by atoms with Gasteiger partial charge in [0, 0.05) is 0 Å². The highest BCUT2D eigenvalue weighted by Crippen LogP contribution is 2.31. The normalized spacial score (nSPS) is 9.50. The Morgan fingerprint density at radius 3 is 2.10 bits per heavy atom. The van der Waals surface area contributed by atoms with E-state index >= 15 is 0 Å². The summed E-state index contributed by atoms with van der Waals surface area (Å²) in [7, 11) is 1.63. The van der Waals surface area contributed by atoms with Crippen molar-refractivity contribution in [1.82, 2.24) is 0 Å². The maximum atomic E-state index is 5.06. The van der Waals surface area contributed by atoms with Crippen LogP contribution in [0.5, 0.6) is 5.75 Å². The zero-order valence-corrected chi connectivity index (χ0v) is 8.49. The molecular formula is C7H5Br2O. The summed E-state index contributed by atoms with van der Waals surface area (Å²) in [5.41, 5.74) is 0. The Morgan fingerprint density at radius 2 is 1.80 bits per heavy atom. The van der Waals surface area contributed by atoms with E-state index in [1.165, 1.54) is 0 Å². The van der Waals surface area contributed by atoms with Gasteiger partial charge in [-0.1, -0.05) is 0 Å². The molecule has 0 amide bonds. The highest BCUT2D eigenvalue weighted by Gasteiger charge is 2.01. The highest BCUT2D eigenvalue weighted by molar-refractivity contribution is 9.11. The van der Waals surface area contributed by atoms with Crippen LogP contribution in [-0.2, 0) is 0 Å². The van der Waals surface area contributed by atoms with E-state index in [9.17, 15) is 0 Å². The van der Waals surface area contributed by atoms with Crippen LogP contribution in [0.25, 0.3) is 0 Å². The number of ether oxygens (including phenoxy) is 1. The first-order chi connectivity index (χ1) is 4.75. The molecule has 0 bridgehead atoms. The number of halogens is 2. The van der Waals surface area contributed by atoms with E-state index in [2.05, 4.69) is 37.9 Å². The molecule has 0 aliphatic carbocycles. The van der Waals surface area contributed by atoms with Gasteiger partial charge < -0.3 is 4.74 Å². The fourth-order valence-corrected chi connectivity index (χ4v) is 1.91. The molecule has 0 fully saturated rings. The van der Waals surface area contributed by atoms with Crippen LogP contribution in [0.2, 0.25) is 0 Å². The van der Waals surface area contributed by atoms with Gasteiger partial charge in [0.15, 0.2) is 0 Å². The zero-order valence-electron chi connectivity index (χ0n) is 5.32. The maximum absolute atomic E-state index is 5.06. The molecule has 0 atom stereocenters. The van der Waals surface area contributed by atoms with Crippen molar-refractivity contribution >= 4 is 31.9 Å². The predicted octanol–water partition coefficient (Wildman–Crippen LogP) is 3.02. The summed E-state index contributed by atoms with van der Waals surface area (Å²) < 4.78 is 6.88. The van der Waals surface area contributed by atoms with Crippen molar-refractivity contribution in [2.24, 2.45) is 0 Å². The lowest BCUT2D eigenvalue weighted by molar-refractivity contribution is 0.409. The molecule has 0 heterocycles. The first-order valence-corrected chi connectivity index (χ1v) is 4.23. The SMILES string of the molecule is COc1c(Br)c[c]cc1Br. The molecule has 1 rings (SSSR count). The lowest BCUT2D eigenvalue weighted by Gasteiger charge is -2.03. The minimum absolute atomic E-state index is 0.804. The standard InChI is InChI=1S/C7H5Br2O/c1-10-7-5(8)3-2-4-6(7)9/h3-4H,1H3. The monoisotopic (exact) mass is 263 g/mol. The average molecular weight is 265 g/mol. The van der Waals surface area contributed by atoms with Gasteiger partial charge in [-0.2, -0.15) is 0 Å². The molecule has 0 saturated carbocycles. The average Bonchev–Trinajstić information content (AvgIpc) is 1.88. The molecule has 1 aromatic carbocycles. The third kappa shape index (κ3) is 1.52. The summed E-state index contributed by atoms with van der Waals surface area (Å²) in [5, 5.41) is 0.